The highest BCUT2D eigenvalue weighted by molar-refractivity contribution is 6.31. The van der Waals surface area contributed by atoms with Crippen LogP contribution in [0.3, 0.4) is 0 Å². The lowest BCUT2D eigenvalue weighted by molar-refractivity contribution is 0.0988. The fourth-order valence-corrected chi connectivity index (χ4v) is 3.48. The number of carbonyl (C=O) groups excluding carboxylic acids is 1. The van der Waals surface area contributed by atoms with E-state index in [1.54, 1.807) is 33.9 Å². The minimum absolute atomic E-state index is 0.170. The fourth-order valence-electron chi connectivity index (χ4n) is 3.31. The molecule has 1 amide bonds. The Labute approximate surface area is 143 Å². The summed E-state index contributed by atoms with van der Waals surface area (Å²) in [6.45, 7) is 0.592. The van der Waals surface area contributed by atoms with Crippen LogP contribution in [0.15, 0.2) is 53.5 Å². The highest BCUT2D eigenvalue weighted by Crippen LogP contribution is 2.28. The minimum atomic E-state index is -0.278. The molecule has 3 aromatic rings. The molecule has 0 aliphatic carbocycles. The van der Waals surface area contributed by atoms with Crippen molar-refractivity contribution in [2.24, 2.45) is 7.05 Å². The molecule has 0 fully saturated rings. The summed E-state index contributed by atoms with van der Waals surface area (Å²) in [5, 5.41) is 0.944. The van der Waals surface area contributed by atoms with E-state index in [4.69, 9.17) is 11.6 Å². The zero-order valence-corrected chi connectivity index (χ0v) is 13.9. The van der Waals surface area contributed by atoms with Crippen LogP contribution in [-0.2, 0) is 13.5 Å². The van der Waals surface area contributed by atoms with Gasteiger partial charge in [-0.3, -0.25) is 9.59 Å². The maximum Gasteiger partial charge on any atom is 0.263 e. The van der Waals surface area contributed by atoms with Gasteiger partial charge in [-0.25, -0.2) is 0 Å². The van der Waals surface area contributed by atoms with E-state index in [0.717, 1.165) is 23.2 Å². The van der Waals surface area contributed by atoms with Crippen LogP contribution >= 0.6 is 11.6 Å². The maximum atomic E-state index is 13.0. The van der Waals surface area contributed by atoms with Crippen molar-refractivity contribution >= 4 is 34.1 Å². The average Bonchev–Trinajstić information content (AvgIpc) is 3.01. The monoisotopic (exact) mass is 338 g/mol. The Balaban J connectivity index is 1.87. The Morgan fingerprint density at radius 3 is 2.79 bits per heavy atom. The molecule has 1 aromatic heterocycles. The van der Waals surface area contributed by atoms with E-state index in [9.17, 15) is 9.59 Å². The van der Waals surface area contributed by atoms with E-state index < -0.39 is 0 Å². The molecule has 0 N–H and O–H groups in total. The smallest absolute Gasteiger partial charge is 0.263 e. The molecule has 0 saturated heterocycles. The first-order valence-corrected chi connectivity index (χ1v) is 8.13. The van der Waals surface area contributed by atoms with Crippen LogP contribution in [0.1, 0.15) is 15.9 Å². The minimum Gasteiger partial charge on any atom is -0.350 e. The Morgan fingerprint density at radius 2 is 1.96 bits per heavy atom. The second-order valence-corrected chi connectivity index (χ2v) is 6.42. The SMILES string of the molecule is Cn1cc(C(=O)N2CCc3ccccc32)c(=O)c2cc(Cl)ccc21. The molecule has 24 heavy (non-hydrogen) atoms. The van der Waals surface area contributed by atoms with Gasteiger partial charge in [-0.1, -0.05) is 29.8 Å². The van der Waals surface area contributed by atoms with Crippen molar-refractivity contribution in [1.82, 2.24) is 4.57 Å². The van der Waals surface area contributed by atoms with Crippen LogP contribution in [0.25, 0.3) is 10.9 Å². The zero-order valence-electron chi connectivity index (χ0n) is 13.1. The predicted molar refractivity (Wildman–Crippen MR) is 96.0 cm³/mol. The van der Waals surface area contributed by atoms with Gasteiger partial charge in [-0.05, 0) is 36.2 Å². The van der Waals surface area contributed by atoms with Crippen LogP contribution in [0, 0.1) is 0 Å². The lowest BCUT2D eigenvalue weighted by Gasteiger charge is -2.18. The second kappa shape index (κ2) is 5.49. The molecule has 4 nitrogen and oxygen atoms in total. The highest BCUT2D eigenvalue weighted by Gasteiger charge is 2.27. The number of aryl methyl sites for hydroxylation is 1. The predicted octanol–water partition coefficient (Wildman–Crippen LogP) is 3.39. The second-order valence-electron chi connectivity index (χ2n) is 5.98. The number of fused-ring (bicyclic) bond motifs is 2. The Kier molecular flexibility index (Phi) is 3.43. The summed E-state index contributed by atoms with van der Waals surface area (Å²) in [5.74, 6) is -0.262. The summed E-state index contributed by atoms with van der Waals surface area (Å²) >= 11 is 6.03. The summed E-state index contributed by atoms with van der Waals surface area (Å²) < 4.78 is 1.79. The number of rotatable bonds is 1. The summed E-state index contributed by atoms with van der Waals surface area (Å²) in [5.41, 5.74) is 2.66. The molecule has 120 valence electrons. The normalized spacial score (nSPS) is 13.3. The van der Waals surface area contributed by atoms with Crippen LogP contribution < -0.4 is 10.3 Å². The Bertz CT molecular complexity index is 1040. The van der Waals surface area contributed by atoms with Gasteiger partial charge in [0, 0.05) is 35.9 Å². The molecule has 5 heteroatoms. The number of aromatic nitrogens is 1. The van der Waals surface area contributed by atoms with Crippen LogP contribution in [0.5, 0.6) is 0 Å². The van der Waals surface area contributed by atoms with E-state index in [1.165, 1.54) is 0 Å². The summed E-state index contributed by atoms with van der Waals surface area (Å²) in [7, 11) is 1.82. The average molecular weight is 339 g/mol. The number of hydrogen-bond acceptors (Lipinski definition) is 2. The van der Waals surface area contributed by atoms with E-state index in [2.05, 4.69) is 0 Å². The summed E-state index contributed by atoms with van der Waals surface area (Å²) in [4.78, 5) is 27.5. The molecular formula is C19H15ClN2O2. The number of carbonyl (C=O) groups is 1. The van der Waals surface area contributed by atoms with E-state index >= 15 is 0 Å². The lowest BCUT2D eigenvalue weighted by atomic mass is 10.1. The van der Waals surface area contributed by atoms with Gasteiger partial charge < -0.3 is 9.47 Å². The number of hydrogen-bond donors (Lipinski definition) is 0. The lowest BCUT2D eigenvalue weighted by Crippen LogP contribution is -2.33. The molecule has 2 aromatic carbocycles. The highest BCUT2D eigenvalue weighted by atomic mass is 35.5. The number of anilines is 1. The first-order valence-electron chi connectivity index (χ1n) is 7.75. The summed E-state index contributed by atoms with van der Waals surface area (Å²) in [6, 6.07) is 12.9. The van der Waals surface area contributed by atoms with E-state index in [-0.39, 0.29) is 16.9 Å². The van der Waals surface area contributed by atoms with Gasteiger partial charge in [0.2, 0.25) is 5.43 Å². The number of halogens is 1. The number of benzene rings is 2. The molecule has 0 saturated carbocycles. The first-order chi connectivity index (χ1) is 11.6. The molecule has 0 unspecified atom stereocenters. The van der Waals surface area contributed by atoms with Gasteiger partial charge in [0.15, 0.2) is 0 Å². The summed E-state index contributed by atoms with van der Waals surface area (Å²) in [6.07, 6.45) is 2.42. The van der Waals surface area contributed by atoms with Crippen molar-refractivity contribution in [3.8, 4) is 0 Å². The third kappa shape index (κ3) is 2.22. The largest absolute Gasteiger partial charge is 0.350 e. The number of nitrogens with zero attached hydrogens (tertiary/aromatic N) is 2. The number of pyridine rings is 1. The topological polar surface area (TPSA) is 42.3 Å². The van der Waals surface area contributed by atoms with Crippen molar-refractivity contribution in [3.63, 3.8) is 0 Å². The maximum absolute atomic E-state index is 13.0. The molecule has 4 rings (SSSR count). The fraction of sp³-hybridized carbons (Fsp3) is 0.158. The first kappa shape index (κ1) is 15.0. The molecule has 1 aliphatic rings. The quantitative estimate of drug-likeness (QED) is 0.682. The number of amides is 1. The third-order valence-electron chi connectivity index (χ3n) is 4.51. The Morgan fingerprint density at radius 1 is 1.17 bits per heavy atom. The van der Waals surface area contributed by atoms with Gasteiger partial charge in [0.25, 0.3) is 5.91 Å². The van der Waals surface area contributed by atoms with Crippen LogP contribution in [-0.4, -0.2) is 17.0 Å². The van der Waals surface area contributed by atoms with E-state index in [1.807, 2.05) is 31.3 Å². The zero-order chi connectivity index (χ0) is 16.8. The standard InChI is InChI=1S/C19H15ClN2O2/c1-21-11-15(18(23)14-10-13(20)6-7-17(14)21)19(24)22-9-8-12-4-2-3-5-16(12)22/h2-7,10-11H,8-9H2,1H3. The Hall–Kier alpha value is -2.59. The molecule has 2 heterocycles. The number of para-hydroxylation sites is 1. The van der Waals surface area contributed by atoms with Gasteiger partial charge in [0.1, 0.15) is 5.56 Å². The van der Waals surface area contributed by atoms with E-state index in [0.29, 0.717) is 17.0 Å². The van der Waals surface area contributed by atoms with Gasteiger partial charge in [0.05, 0.1) is 5.52 Å². The van der Waals surface area contributed by atoms with Crippen molar-refractivity contribution < 1.29 is 4.79 Å². The molecule has 0 radical (unpaired) electrons. The van der Waals surface area contributed by atoms with Crippen LogP contribution in [0.2, 0.25) is 5.02 Å². The molecule has 0 bridgehead atoms. The van der Waals surface area contributed by atoms with Crippen LogP contribution in [0.4, 0.5) is 5.69 Å². The van der Waals surface area contributed by atoms with Gasteiger partial charge in [-0.2, -0.15) is 0 Å². The van der Waals surface area contributed by atoms with Crippen molar-refractivity contribution in [1.29, 1.82) is 0 Å². The molecule has 0 spiro atoms. The van der Waals surface area contributed by atoms with Crippen molar-refractivity contribution in [3.05, 3.63) is 75.0 Å². The third-order valence-corrected chi connectivity index (χ3v) is 4.75. The van der Waals surface area contributed by atoms with Gasteiger partial charge >= 0.3 is 0 Å². The van der Waals surface area contributed by atoms with Crippen molar-refractivity contribution in [2.75, 3.05) is 11.4 Å². The van der Waals surface area contributed by atoms with Crippen molar-refractivity contribution in [2.45, 2.75) is 6.42 Å². The molecular weight excluding hydrogens is 324 g/mol. The molecule has 0 atom stereocenters. The molecule has 1 aliphatic heterocycles. The van der Waals surface area contributed by atoms with Gasteiger partial charge in [-0.15, -0.1) is 0 Å².